The molecule has 0 aliphatic carbocycles. The van der Waals surface area contributed by atoms with Crippen LogP contribution < -0.4 is 10.6 Å². The first-order valence-electron chi connectivity index (χ1n) is 13.0. The Hall–Kier alpha value is -4.13. The number of nitrogens with zero attached hydrogens (tertiary/aromatic N) is 3. The van der Waals surface area contributed by atoms with Gasteiger partial charge in [-0.15, -0.1) is 0 Å². The Balaban J connectivity index is 1.18. The summed E-state index contributed by atoms with van der Waals surface area (Å²) in [5.74, 6) is 0.171. The van der Waals surface area contributed by atoms with Crippen LogP contribution in [0, 0.1) is 0 Å². The number of carbonyl (C=O) groups excluding carboxylic acids is 2. The average Bonchev–Trinajstić information content (AvgIpc) is 3.22. The number of nitrogens with one attached hydrogen (secondary N) is 2. The van der Waals surface area contributed by atoms with E-state index >= 15 is 0 Å². The molecule has 0 spiro atoms. The zero-order valence-electron chi connectivity index (χ0n) is 21.0. The van der Waals surface area contributed by atoms with Gasteiger partial charge in [0.05, 0.1) is 23.4 Å². The van der Waals surface area contributed by atoms with Crippen LogP contribution in [-0.2, 0) is 17.9 Å². The first-order valence-corrected chi connectivity index (χ1v) is 13.0. The number of imidazole rings is 1. The van der Waals surface area contributed by atoms with E-state index in [9.17, 15) is 9.59 Å². The third-order valence-corrected chi connectivity index (χ3v) is 6.94. The number of amides is 3. The maximum Gasteiger partial charge on any atom is 0.315 e. The van der Waals surface area contributed by atoms with Gasteiger partial charge in [-0.1, -0.05) is 73.2 Å². The second-order valence-electron chi connectivity index (χ2n) is 9.62. The number of carbonyl (C=O) groups is 2. The summed E-state index contributed by atoms with van der Waals surface area (Å²) >= 11 is 0. The summed E-state index contributed by atoms with van der Waals surface area (Å²) in [6.07, 6.45) is 5.47. The SMILES string of the molecule is O=C(NCc1ccc(Cn2cnc3ccccc32)cc1)NC(CN1CCCCCC1=O)c1ccccc1. The third kappa shape index (κ3) is 6.36. The Kier molecular flexibility index (Phi) is 7.79. The molecule has 0 bridgehead atoms. The Morgan fingerprint density at radius 1 is 0.892 bits per heavy atom. The molecule has 1 unspecified atom stereocenters. The van der Waals surface area contributed by atoms with Crippen LogP contribution >= 0.6 is 0 Å². The van der Waals surface area contributed by atoms with Crippen molar-refractivity contribution < 1.29 is 9.59 Å². The van der Waals surface area contributed by atoms with E-state index in [1.54, 1.807) is 0 Å². The van der Waals surface area contributed by atoms with Crippen LogP contribution in [0.4, 0.5) is 4.79 Å². The lowest BCUT2D eigenvalue weighted by Crippen LogP contribution is -2.44. The lowest BCUT2D eigenvalue weighted by Gasteiger charge is -2.27. The fraction of sp³-hybridized carbons (Fsp3) is 0.300. The highest BCUT2D eigenvalue weighted by Gasteiger charge is 2.23. The van der Waals surface area contributed by atoms with Crippen molar-refractivity contribution in [3.63, 3.8) is 0 Å². The van der Waals surface area contributed by atoms with Crippen LogP contribution in [0.2, 0.25) is 0 Å². The maximum absolute atomic E-state index is 12.9. The predicted octanol–water partition coefficient (Wildman–Crippen LogP) is 5.03. The number of hydrogen-bond donors (Lipinski definition) is 2. The van der Waals surface area contributed by atoms with Crippen molar-refractivity contribution in [3.8, 4) is 0 Å². The molecule has 2 N–H and O–H groups in total. The number of benzene rings is 3. The summed E-state index contributed by atoms with van der Waals surface area (Å²) < 4.78 is 2.13. The highest BCUT2D eigenvalue weighted by molar-refractivity contribution is 5.77. The Labute approximate surface area is 217 Å². The molecule has 3 aromatic carbocycles. The molecule has 5 rings (SSSR count). The third-order valence-electron chi connectivity index (χ3n) is 6.94. The van der Waals surface area contributed by atoms with Crippen molar-refractivity contribution in [1.82, 2.24) is 25.1 Å². The smallest absolute Gasteiger partial charge is 0.315 e. The number of para-hydroxylation sites is 2. The van der Waals surface area contributed by atoms with Crippen molar-refractivity contribution >= 4 is 23.0 Å². The minimum atomic E-state index is -0.268. The number of aromatic nitrogens is 2. The number of likely N-dealkylation sites (tertiary alicyclic amines) is 1. The van der Waals surface area contributed by atoms with E-state index in [2.05, 4.69) is 38.4 Å². The summed E-state index contributed by atoms with van der Waals surface area (Å²) in [6.45, 7) is 2.38. The Morgan fingerprint density at radius 3 is 2.49 bits per heavy atom. The van der Waals surface area contributed by atoms with Crippen molar-refractivity contribution in [3.05, 3.63) is 102 Å². The van der Waals surface area contributed by atoms with Gasteiger partial charge < -0.3 is 20.1 Å². The van der Waals surface area contributed by atoms with Gasteiger partial charge in [-0.05, 0) is 41.7 Å². The van der Waals surface area contributed by atoms with E-state index in [4.69, 9.17) is 0 Å². The second kappa shape index (κ2) is 11.7. The van der Waals surface area contributed by atoms with Gasteiger partial charge in [-0.2, -0.15) is 0 Å². The summed E-state index contributed by atoms with van der Waals surface area (Å²) in [5, 5.41) is 6.08. The van der Waals surface area contributed by atoms with Gasteiger partial charge in [-0.25, -0.2) is 9.78 Å². The first-order chi connectivity index (χ1) is 18.2. The predicted molar refractivity (Wildman–Crippen MR) is 145 cm³/mol. The van der Waals surface area contributed by atoms with Gasteiger partial charge in [0.15, 0.2) is 0 Å². The molecular formula is C30H33N5O2. The molecule has 1 aliphatic rings. The molecule has 1 aliphatic heterocycles. The molecular weight excluding hydrogens is 462 g/mol. The number of urea groups is 1. The molecule has 0 radical (unpaired) electrons. The number of hydrogen-bond acceptors (Lipinski definition) is 3. The van der Waals surface area contributed by atoms with Gasteiger partial charge in [0, 0.05) is 32.6 Å². The van der Waals surface area contributed by atoms with Crippen LogP contribution in [-0.4, -0.2) is 39.5 Å². The molecule has 4 aromatic rings. The van der Waals surface area contributed by atoms with Crippen molar-refractivity contribution in [2.75, 3.05) is 13.1 Å². The lowest BCUT2D eigenvalue weighted by atomic mass is 10.1. The molecule has 1 atom stereocenters. The normalized spacial score (nSPS) is 14.8. The van der Waals surface area contributed by atoms with E-state index in [0.29, 0.717) is 19.5 Å². The van der Waals surface area contributed by atoms with Gasteiger partial charge in [0.2, 0.25) is 5.91 Å². The monoisotopic (exact) mass is 495 g/mol. The quantitative estimate of drug-likeness (QED) is 0.360. The highest BCUT2D eigenvalue weighted by atomic mass is 16.2. The van der Waals surface area contributed by atoms with Gasteiger partial charge >= 0.3 is 6.03 Å². The van der Waals surface area contributed by atoms with E-state index in [1.807, 2.05) is 71.9 Å². The van der Waals surface area contributed by atoms with Crippen molar-refractivity contribution in [2.24, 2.45) is 0 Å². The molecule has 7 nitrogen and oxygen atoms in total. The maximum atomic E-state index is 12.9. The van der Waals surface area contributed by atoms with Crippen LogP contribution in [0.5, 0.6) is 0 Å². The van der Waals surface area contributed by atoms with Gasteiger partial charge in [0.25, 0.3) is 0 Å². The van der Waals surface area contributed by atoms with E-state index in [1.165, 1.54) is 5.56 Å². The number of rotatable bonds is 8. The second-order valence-corrected chi connectivity index (χ2v) is 9.62. The highest BCUT2D eigenvalue weighted by Crippen LogP contribution is 2.19. The molecule has 0 saturated carbocycles. The van der Waals surface area contributed by atoms with Gasteiger partial charge in [-0.3, -0.25) is 4.79 Å². The standard InChI is InChI=1S/C30H33N5O2/c36-29-13-5-2-8-18-34(29)21-27(25-9-3-1-4-10-25)33-30(37)31-19-23-14-16-24(17-15-23)20-35-22-32-26-11-6-7-12-28(26)35/h1,3-4,6-7,9-12,14-17,22,27H,2,5,8,13,18-21H2,(H2,31,33,37). The number of fused-ring (bicyclic) bond motifs is 1. The molecule has 190 valence electrons. The topological polar surface area (TPSA) is 79.3 Å². The molecule has 37 heavy (non-hydrogen) atoms. The van der Waals surface area contributed by atoms with Crippen LogP contribution in [0.1, 0.15) is 48.4 Å². The molecule has 1 fully saturated rings. The van der Waals surface area contributed by atoms with Crippen LogP contribution in [0.25, 0.3) is 11.0 Å². The zero-order chi connectivity index (χ0) is 25.5. The summed E-state index contributed by atoms with van der Waals surface area (Å²) in [7, 11) is 0. The Morgan fingerprint density at radius 2 is 1.65 bits per heavy atom. The lowest BCUT2D eigenvalue weighted by molar-refractivity contribution is -0.131. The molecule has 1 aromatic heterocycles. The Bertz CT molecular complexity index is 1330. The minimum Gasteiger partial charge on any atom is -0.340 e. The van der Waals surface area contributed by atoms with Crippen molar-refractivity contribution in [2.45, 2.75) is 44.8 Å². The largest absolute Gasteiger partial charge is 0.340 e. The summed E-state index contributed by atoms with van der Waals surface area (Å²) in [5.41, 5.74) is 5.28. The van der Waals surface area contributed by atoms with Crippen LogP contribution in [0.3, 0.4) is 0 Å². The first kappa shape index (κ1) is 24.6. The van der Waals surface area contributed by atoms with Crippen LogP contribution in [0.15, 0.2) is 85.2 Å². The molecule has 3 amide bonds. The molecule has 1 saturated heterocycles. The van der Waals surface area contributed by atoms with Crippen molar-refractivity contribution in [1.29, 1.82) is 0 Å². The van der Waals surface area contributed by atoms with E-state index < -0.39 is 0 Å². The van der Waals surface area contributed by atoms with E-state index in [0.717, 1.165) is 54.5 Å². The van der Waals surface area contributed by atoms with E-state index in [-0.39, 0.29) is 18.0 Å². The summed E-state index contributed by atoms with van der Waals surface area (Å²) in [4.78, 5) is 31.8. The van der Waals surface area contributed by atoms with Gasteiger partial charge in [0.1, 0.15) is 0 Å². The summed E-state index contributed by atoms with van der Waals surface area (Å²) in [6, 6.07) is 25.7. The zero-order valence-corrected chi connectivity index (χ0v) is 21.0. The fourth-order valence-corrected chi connectivity index (χ4v) is 4.86. The fourth-order valence-electron chi connectivity index (χ4n) is 4.86. The average molecular weight is 496 g/mol. The molecule has 2 heterocycles. The molecule has 7 heteroatoms. The minimum absolute atomic E-state index is 0.171.